The smallest absolute Gasteiger partial charge is 0.0674 e. The van der Waals surface area contributed by atoms with Crippen LogP contribution >= 0.6 is 0 Å². The summed E-state index contributed by atoms with van der Waals surface area (Å²) in [5, 5.41) is 0. The maximum atomic E-state index is 2.56. The Morgan fingerprint density at radius 3 is 1.43 bits per heavy atom. The van der Waals surface area contributed by atoms with Crippen LogP contribution in [-0.4, -0.2) is 25.2 Å². The van der Waals surface area contributed by atoms with Crippen molar-refractivity contribution in [3.8, 4) is 0 Å². The minimum Gasteiger partial charge on any atom is -0.105 e. The molecule has 0 amide bonds. The molecule has 2 bridgehead atoms. The first-order valence-electron chi connectivity index (χ1n) is 2.82. The van der Waals surface area contributed by atoms with Crippen LogP contribution in [-0.2, 0) is 0 Å². The second kappa shape index (κ2) is 1.30. The molecule has 0 aromatic heterocycles. The number of rotatable bonds is 0. The molecule has 0 spiro atoms. The van der Waals surface area contributed by atoms with Crippen LogP contribution < -0.4 is 0 Å². The summed E-state index contributed by atoms with van der Waals surface area (Å²) >= 11 is 0. The van der Waals surface area contributed by atoms with Gasteiger partial charge in [0.25, 0.3) is 0 Å². The maximum Gasteiger partial charge on any atom is 0.0674 e. The van der Waals surface area contributed by atoms with Gasteiger partial charge in [0.05, 0.1) is 16.6 Å². The predicted molar refractivity (Wildman–Crippen MR) is 41.1 cm³/mol. The molecule has 2 aliphatic rings. The summed E-state index contributed by atoms with van der Waals surface area (Å²) in [6, 6.07) is 0. The standard InChI is InChI=1S/C4H8Si3/c1-2-7-4-3-6(1)5-7/h1-4,6-7H,5H2. The highest BCUT2D eigenvalue weighted by Crippen LogP contribution is 2.08. The highest BCUT2D eigenvalue weighted by atomic mass is 29.6. The highest BCUT2D eigenvalue weighted by Gasteiger charge is 2.22. The molecule has 7 heavy (non-hydrogen) atoms. The van der Waals surface area contributed by atoms with Gasteiger partial charge in [-0.25, -0.2) is 0 Å². The van der Waals surface area contributed by atoms with E-state index in [9.17, 15) is 0 Å². The Morgan fingerprint density at radius 1 is 0.857 bits per heavy atom. The number of hydrogen-bond donors (Lipinski definition) is 0. The van der Waals surface area contributed by atoms with Gasteiger partial charge in [-0.3, -0.25) is 0 Å². The normalized spacial score (nSPS) is 46.9. The average Bonchev–Trinajstić information content (AvgIpc) is 2.22. The second-order valence-electron chi connectivity index (χ2n) is 2.33. The minimum atomic E-state index is -0.147. The van der Waals surface area contributed by atoms with Crippen LogP contribution in [0.15, 0.2) is 22.8 Å². The van der Waals surface area contributed by atoms with Gasteiger partial charge in [0, 0.05) is 8.55 Å². The molecule has 0 unspecified atom stereocenters. The molecular weight excluding hydrogens is 132 g/mol. The summed E-state index contributed by atoms with van der Waals surface area (Å²) in [5.41, 5.74) is 10.2. The highest BCUT2D eigenvalue weighted by molar-refractivity contribution is 7.51. The Morgan fingerprint density at radius 2 is 1.29 bits per heavy atom. The Kier molecular flexibility index (Phi) is 0.754. The third-order valence-corrected chi connectivity index (χ3v) is 22.9. The molecule has 2 rings (SSSR count). The van der Waals surface area contributed by atoms with E-state index in [0.29, 0.717) is 8.55 Å². The quantitative estimate of drug-likeness (QED) is 0.375. The average molecular weight is 140 g/mol. The van der Waals surface area contributed by atoms with E-state index in [0.717, 1.165) is 0 Å². The van der Waals surface area contributed by atoms with Crippen LogP contribution in [0, 0.1) is 0 Å². The Labute approximate surface area is 48.5 Å². The predicted octanol–water partition coefficient (Wildman–Crippen LogP) is -1.10. The molecule has 36 valence electrons. The molecule has 0 saturated carbocycles. The van der Waals surface area contributed by atoms with Gasteiger partial charge in [-0.05, 0) is 0 Å². The molecule has 2 heterocycles. The lowest BCUT2D eigenvalue weighted by Crippen LogP contribution is -2.16. The lowest BCUT2D eigenvalue weighted by Gasteiger charge is -1.85. The van der Waals surface area contributed by atoms with Gasteiger partial charge in [-0.2, -0.15) is 0 Å². The van der Waals surface area contributed by atoms with Crippen molar-refractivity contribution in [3.63, 3.8) is 0 Å². The summed E-state index contributed by atoms with van der Waals surface area (Å²) in [6.07, 6.45) is 0. The first-order valence-corrected chi connectivity index (χ1v) is 12.0. The zero-order valence-electron chi connectivity index (χ0n) is 4.17. The van der Waals surface area contributed by atoms with Crippen LogP contribution in [0.25, 0.3) is 0 Å². The van der Waals surface area contributed by atoms with Gasteiger partial charge in [-0.1, -0.05) is 0 Å². The number of hydrogen-bond acceptors (Lipinski definition) is 0. The Bertz CT molecular complexity index is 110. The third-order valence-electron chi connectivity index (χ3n) is 1.76. The van der Waals surface area contributed by atoms with Crippen molar-refractivity contribution in [2.24, 2.45) is 0 Å². The van der Waals surface area contributed by atoms with E-state index in [2.05, 4.69) is 22.8 Å². The van der Waals surface area contributed by atoms with E-state index in [1.807, 2.05) is 0 Å². The molecular formula is C4H8Si3. The molecule has 0 atom stereocenters. The van der Waals surface area contributed by atoms with Crippen LogP contribution in [0.3, 0.4) is 0 Å². The third kappa shape index (κ3) is 0.524. The Balaban J connectivity index is 2.38. The lowest BCUT2D eigenvalue weighted by molar-refractivity contribution is 2.24. The molecule has 0 aliphatic carbocycles. The van der Waals surface area contributed by atoms with Gasteiger partial charge in [0.1, 0.15) is 0 Å². The van der Waals surface area contributed by atoms with E-state index < -0.39 is 0 Å². The minimum absolute atomic E-state index is 0.147. The van der Waals surface area contributed by atoms with E-state index in [4.69, 9.17) is 0 Å². The molecule has 0 fully saturated rings. The fraction of sp³-hybridized carbons (Fsp3) is 0. The summed E-state index contributed by atoms with van der Waals surface area (Å²) in [4.78, 5) is 0. The van der Waals surface area contributed by atoms with Crippen molar-refractivity contribution in [1.82, 2.24) is 0 Å². The zero-order chi connectivity index (χ0) is 4.69. The lowest BCUT2D eigenvalue weighted by atomic mass is 11.2. The van der Waals surface area contributed by atoms with Crippen molar-refractivity contribution in [2.75, 3.05) is 0 Å². The molecule has 0 radical (unpaired) electrons. The second-order valence-corrected chi connectivity index (χ2v) is 18.3. The summed E-state index contributed by atoms with van der Waals surface area (Å²) in [5.74, 6) is 0. The largest absolute Gasteiger partial charge is 0.105 e. The maximum absolute atomic E-state index is 2.56. The molecule has 0 saturated heterocycles. The first kappa shape index (κ1) is 4.05. The molecule has 0 N–H and O–H groups in total. The van der Waals surface area contributed by atoms with Crippen LogP contribution in [0.4, 0.5) is 0 Å². The molecule has 0 aromatic carbocycles. The van der Waals surface area contributed by atoms with Gasteiger partial charge in [0.2, 0.25) is 0 Å². The van der Waals surface area contributed by atoms with E-state index in [-0.39, 0.29) is 16.6 Å². The first-order chi connectivity index (χ1) is 3.45. The van der Waals surface area contributed by atoms with Crippen molar-refractivity contribution in [3.05, 3.63) is 22.8 Å². The van der Waals surface area contributed by atoms with Crippen LogP contribution in [0.1, 0.15) is 0 Å². The summed E-state index contributed by atoms with van der Waals surface area (Å²) < 4.78 is 0. The molecule has 3 heteroatoms. The summed E-state index contributed by atoms with van der Waals surface area (Å²) in [7, 11) is 0.265. The van der Waals surface area contributed by atoms with E-state index >= 15 is 0 Å². The Hall–Kier alpha value is 0.131. The van der Waals surface area contributed by atoms with Gasteiger partial charge in [-0.15, -0.1) is 22.8 Å². The van der Waals surface area contributed by atoms with Gasteiger partial charge >= 0.3 is 0 Å². The van der Waals surface area contributed by atoms with Crippen LogP contribution in [0.5, 0.6) is 0 Å². The van der Waals surface area contributed by atoms with Gasteiger partial charge in [0.15, 0.2) is 0 Å². The van der Waals surface area contributed by atoms with Crippen molar-refractivity contribution in [2.45, 2.75) is 0 Å². The topological polar surface area (TPSA) is 0 Å². The summed E-state index contributed by atoms with van der Waals surface area (Å²) in [6.45, 7) is 0. The van der Waals surface area contributed by atoms with Crippen molar-refractivity contribution in [1.29, 1.82) is 0 Å². The van der Waals surface area contributed by atoms with Crippen molar-refractivity contribution >= 4 is 25.2 Å². The molecule has 0 aromatic rings. The van der Waals surface area contributed by atoms with E-state index in [1.165, 1.54) is 0 Å². The molecule has 2 aliphatic heterocycles. The zero-order valence-corrected chi connectivity index (χ0v) is 7.89. The fourth-order valence-corrected chi connectivity index (χ4v) is 28.2. The van der Waals surface area contributed by atoms with E-state index in [1.54, 1.807) is 0 Å². The SMILES string of the molecule is C1=C[SiH]2C=C[SiH]1[SiH2]2. The number of fused-ring (bicyclic) bond motifs is 2. The monoisotopic (exact) mass is 140 g/mol. The van der Waals surface area contributed by atoms with Gasteiger partial charge < -0.3 is 0 Å². The van der Waals surface area contributed by atoms with Crippen molar-refractivity contribution < 1.29 is 0 Å². The fourth-order valence-electron chi connectivity index (χ4n) is 1.33. The molecule has 0 nitrogen and oxygen atoms in total. The van der Waals surface area contributed by atoms with Crippen LogP contribution in [0.2, 0.25) is 0 Å².